The second kappa shape index (κ2) is 9.46. The first-order valence-electron chi connectivity index (χ1n) is 10.8. The van der Waals surface area contributed by atoms with E-state index in [0.717, 1.165) is 16.7 Å². The molecule has 13 heteroatoms. The molecule has 1 atom stereocenters. The molecule has 1 saturated heterocycles. The average molecular weight is 511 g/mol. The molecule has 0 amide bonds. The minimum atomic E-state index is -4.29. The highest BCUT2D eigenvalue weighted by Crippen LogP contribution is 2.30. The first-order valence-corrected chi connectivity index (χ1v) is 12.3. The number of anilines is 1. The first-order chi connectivity index (χ1) is 16.4. The van der Waals surface area contributed by atoms with Crippen molar-refractivity contribution < 1.29 is 26.3 Å². The molecule has 35 heavy (non-hydrogen) atoms. The van der Waals surface area contributed by atoms with E-state index in [1.54, 1.807) is 13.1 Å². The first kappa shape index (κ1) is 24.9. The number of hydrogen-bond donors (Lipinski definition) is 1. The largest absolute Gasteiger partial charge is 0.473 e. The van der Waals surface area contributed by atoms with Gasteiger partial charge < -0.3 is 4.74 Å². The van der Waals surface area contributed by atoms with Gasteiger partial charge in [-0.2, -0.15) is 23.3 Å². The third-order valence-electron chi connectivity index (χ3n) is 5.58. The van der Waals surface area contributed by atoms with Crippen LogP contribution >= 0.6 is 0 Å². The number of likely N-dealkylation sites (tertiary alicyclic amines) is 1. The fourth-order valence-electron chi connectivity index (χ4n) is 4.06. The smallest absolute Gasteiger partial charge is 0.401 e. The Morgan fingerprint density at radius 2 is 1.91 bits per heavy atom. The molecule has 188 valence electrons. The Hall–Kier alpha value is -3.19. The van der Waals surface area contributed by atoms with Crippen LogP contribution in [0.2, 0.25) is 0 Å². The van der Waals surface area contributed by atoms with Crippen molar-refractivity contribution in [2.45, 2.75) is 37.4 Å². The van der Waals surface area contributed by atoms with Crippen molar-refractivity contribution in [2.24, 2.45) is 7.05 Å². The molecule has 0 bridgehead atoms. The zero-order chi connectivity index (χ0) is 25.4. The lowest BCUT2D eigenvalue weighted by atomic mass is 10.00. The number of aryl methyl sites for hydroxylation is 3. The maximum Gasteiger partial charge on any atom is 0.401 e. The summed E-state index contributed by atoms with van der Waals surface area (Å²) >= 11 is 0. The van der Waals surface area contributed by atoms with Crippen molar-refractivity contribution in [1.29, 1.82) is 0 Å². The normalized spacial score (nSPS) is 17.0. The van der Waals surface area contributed by atoms with E-state index in [1.807, 2.05) is 32.0 Å². The maximum atomic E-state index is 12.8. The van der Waals surface area contributed by atoms with Crippen LogP contribution in [0.1, 0.15) is 17.5 Å². The summed E-state index contributed by atoms with van der Waals surface area (Å²) in [6, 6.07) is 7.27. The molecule has 1 N–H and O–H groups in total. The molecule has 0 radical (unpaired) electrons. The van der Waals surface area contributed by atoms with Crippen molar-refractivity contribution >= 4 is 16.0 Å². The third kappa shape index (κ3) is 6.09. The highest BCUT2D eigenvalue weighted by atomic mass is 32.2. The van der Waals surface area contributed by atoms with Crippen LogP contribution in [0, 0.1) is 13.8 Å². The van der Waals surface area contributed by atoms with Crippen LogP contribution in [0.25, 0.3) is 11.3 Å². The SMILES string of the molecule is Cc1cccc(C)c1-c1cc(OC2CCN(CC(F)(F)F)C2)nc(NS(=O)(=O)c2cnn(C)c2)n1. The number of aromatic nitrogens is 4. The standard InChI is InChI=1S/C22H25F3N6O3S/c1-14-5-4-6-15(2)20(14)18-9-19(34-16-7-8-31(11-16)13-22(23,24)25)28-21(27-18)29-35(32,33)17-10-26-30(3)12-17/h4-6,9-10,12,16H,7-8,11,13H2,1-3H3,(H,27,28,29). The van der Waals surface area contributed by atoms with Crippen LogP contribution in [0.15, 0.2) is 41.6 Å². The molecule has 1 fully saturated rings. The second-order valence-electron chi connectivity index (χ2n) is 8.52. The number of rotatable bonds is 7. The van der Waals surface area contributed by atoms with Crippen LogP contribution in [0.4, 0.5) is 19.1 Å². The topological polar surface area (TPSA) is 102 Å². The van der Waals surface area contributed by atoms with E-state index in [9.17, 15) is 21.6 Å². The molecule has 1 aliphatic rings. The van der Waals surface area contributed by atoms with Crippen molar-refractivity contribution in [3.63, 3.8) is 0 Å². The van der Waals surface area contributed by atoms with Gasteiger partial charge in [-0.05, 0) is 31.4 Å². The lowest BCUT2D eigenvalue weighted by Gasteiger charge is -2.18. The van der Waals surface area contributed by atoms with Gasteiger partial charge in [-0.25, -0.2) is 18.1 Å². The van der Waals surface area contributed by atoms with Crippen LogP contribution in [-0.2, 0) is 17.1 Å². The summed E-state index contributed by atoms with van der Waals surface area (Å²) in [5, 5.41) is 3.88. The van der Waals surface area contributed by atoms with Gasteiger partial charge in [0.05, 0.1) is 18.4 Å². The van der Waals surface area contributed by atoms with E-state index in [0.29, 0.717) is 12.1 Å². The summed E-state index contributed by atoms with van der Waals surface area (Å²) in [4.78, 5) is 9.82. The fourth-order valence-corrected chi connectivity index (χ4v) is 4.98. The molecule has 2 aromatic heterocycles. The fraction of sp³-hybridized carbons (Fsp3) is 0.409. The number of ether oxygens (including phenoxy) is 1. The van der Waals surface area contributed by atoms with E-state index >= 15 is 0 Å². The van der Waals surface area contributed by atoms with Gasteiger partial charge in [0.25, 0.3) is 10.0 Å². The molecule has 3 aromatic rings. The Morgan fingerprint density at radius 1 is 1.20 bits per heavy atom. The van der Waals surface area contributed by atoms with E-state index in [1.165, 1.54) is 22.0 Å². The molecular weight excluding hydrogens is 485 g/mol. The average Bonchev–Trinajstić information content (AvgIpc) is 3.35. The number of sulfonamides is 1. The van der Waals surface area contributed by atoms with Gasteiger partial charge in [-0.3, -0.25) is 9.58 Å². The van der Waals surface area contributed by atoms with Gasteiger partial charge in [-0.1, -0.05) is 18.2 Å². The highest BCUT2D eigenvalue weighted by molar-refractivity contribution is 7.92. The van der Waals surface area contributed by atoms with Crippen LogP contribution in [-0.4, -0.2) is 65.0 Å². The summed E-state index contributed by atoms with van der Waals surface area (Å²) in [5.41, 5.74) is 3.03. The quantitative estimate of drug-likeness (QED) is 0.520. The van der Waals surface area contributed by atoms with Gasteiger partial charge in [0.2, 0.25) is 11.8 Å². The van der Waals surface area contributed by atoms with Gasteiger partial charge in [0.15, 0.2) is 0 Å². The zero-order valence-electron chi connectivity index (χ0n) is 19.4. The third-order valence-corrected chi connectivity index (χ3v) is 6.86. The Bertz CT molecular complexity index is 1310. The number of nitrogens with zero attached hydrogens (tertiary/aromatic N) is 5. The van der Waals surface area contributed by atoms with E-state index in [4.69, 9.17) is 4.74 Å². The summed E-state index contributed by atoms with van der Waals surface area (Å²) in [6.07, 6.45) is -1.90. The molecule has 1 unspecified atom stereocenters. The minimum Gasteiger partial charge on any atom is -0.473 e. The minimum absolute atomic E-state index is 0.0675. The zero-order valence-corrected chi connectivity index (χ0v) is 20.2. The molecule has 3 heterocycles. The number of benzene rings is 1. The van der Waals surface area contributed by atoms with Gasteiger partial charge in [0, 0.05) is 38.0 Å². The number of nitrogens with one attached hydrogen (secondary N) is 1. The summed E-state index contributed by atoms with van der Waals surface area (Å²) in [6.45, 7) is 3.10. The highest BCUT2D eigenvalue weighted by Gasteiger charge is 2.35. The van der Waals surface area contributed by atoms with Crippen molar-refractivity contribution in [3.8, 4) is 17.1 Å². The molecule has 9 nitrogen and oxygen atoms in total. The molecule has 4 rings (SSSR count). The lowest BCUT2D eigenvalue weighted by Crippen LogP contribution is -2.33. The molecule has 0 saturated carbocycles. The summed E-state index contributed by atoms with van der Waals surface area (Å²) in [7, 11) is -2.44. The lowest BCUT2D eigenvalue weighted by molar-refractivity contribution is -0.144. The van der Waals surface area contributed by atoms with E-state index in [2.05, 4.69) is 19.8 Å². The molecule has 1 aromatic carbocycles. The van der Waals surface area contributed by atoms with Crippen molar-refractivity contribution in [2.75, 3.05) is 24.4 Å². The molecule has 0 aliphatic carbocycles. The van der Waals surface area contributed by atoms with E-state index < -0.39 is 28.8 Å². The summed E-state index contributed by atoms with van der Waals surface area (Å²) < 4.78 is 73.6. The van der Waals surface area contributed by atoms with Crippen LogP contribution in [0.5, 0.6) is 5.88 Å². The molecule has 1 aliphatic heterocycles. The van der Waals surface area contributed by atoms with Gasteiger partial charge >= 0.3 is 6.18 Å². The number of halogens is 3. The van der Waals surface area contributed by atoms with Crippen LogP contribution in [0.3, 0.4) is 0 Å². The van der Waals surface area contributed by atoms with E-state index in [-0.39, 0.29) is 29.8 Å². The second-order valence-corrected chi connectivity index (χ2v) is 10.2. The van der Waals surface area contributed by atoms with Crippen molar-refractivity contribution in [1.82, 2.24) is 24.6 Å². The predicted molar refractivity (Wildman–Crippen MR) is 122 cm³/mol. The van der Waals surface area contributed by atoms with Gasteiger partial charge in [0.1, 0.15) is 11.0 Å². The summed E-state index contributed by atoms with van der Waals surface area (Å²) in [5.74, 6) is -0.144. The Morgan fingerprint density at radius 3 is 2.54 bits per heavy atom. The Balaban J connectivity index is 1.66. The van der Waals surface area contributed by atoms with Gasteiger partial charge in [-0.15, -0.1) is 0 Å². The predicted octanol–water partition coefficient (Wildman–Crippen LogP) is 3.31. The monoisotopic (exact) mass is 510 g/mol. The van der Waals surface area contributed by atoms with Crippen LogP contribution < -0.4 is 9.46 Å². The maximum absolute atomic E-state index is 12.8. The molecular formula is C22H25F3N6O3S. The number of hydrogen-bond acceptors (Lipinski definition) is 7. The van der Waals surface area contributed by atoms with Crippen molar-refractivity contribution in [3.05, 3.63) is 47.8 Å². The Kier molecular flexibility index (Phi) is 6.73. The molecule has 0 spiro atoms. The Labute approximate surface area is 201 Å². The number of alkyl halides is 3.